The molecule has 0 saturated heterocycles. The molecule has 3 rings (SSSR count). The highest BCUT2D eigenvalue weighted by Gasteiger charge is 2.14. The van der Waals surface area contributed by atoms with E-state index in [2.05, 4.69) is 47.7 Å². The van der Waals surface area contributed by atoms with Gasteiger partial charge in [-0.15, -0.1) is 0 Å². The monoisotopic (exact) mass is 280 g/mol. The lowest BCUT2D eigenvalue weighted by atomic mass is 10.2. The summed E-state index contributed by atoms with van der Waals surface area (Å²) in [5.41, 5.74) is 5.27. The Hall–Kier alpha value is -2.42. The first-order valence-electron chi connectivity index (χ1n) is 6.95. The van der Waals surface area contributed by atoms with Gasteiger partial charge in [0.15, 0.2) is 0 Å². The molecular weight excluding hydrogens is 263 g/mol. The van der Waals surface area contributed by atoms with Crippen molar-refractivity contribution in [2.45, 2.75) is 20.8 Å². The average Bonchev–Trinajstić information content (AvgIpc) is 2.77. The molecule has 21 heavy (non-hydrogen) atoms. The summed E-state index contributed by atoms with van der Waals surface area (Å²) in [4.78, 5) is 4.65. The number of aromatic nitrogens is 2. The van der Waals surface area contributed by atoms with Crippen molar-refractivity contribution in [3.63, 3.8) is 0 Å². The van der Waals surface area contributed by atoms with E-state index < -0.39 is 0 Å². The molecular formula is C18H17FN2. The van der Waals surface area contributed by atoms with Crippen LogP contribution in [0.5, 0.6) is 0 Å². The fourth-order valence-corrected chi connectivity index (χ4v) is 2.41. The smallest absolute Gasteiger partial charge is 0.145 e. The van der Waals surface area contributed by atoms with Gasteiger partial charge in [0.1, 0.15) is 11.6 Å². The van der Waals surface area contributed by atoms with Crippen LogP contribution in [0.2, 0.25) is 0 Å². The van der Waals surface area contributed by atoms with Gasteiger partial charge in [-0.3, -0.25) is 4.57 Å². The minimum atomic E-state index is -0.236. The fraction of sp³-hybridized carbons (Fsp3) is 0.167. The quantitative estimate of drug-likeness (QED) is 0.670. The van der Waals surface area contributed by atoms with Gasteiger partial charge >= 0.3 is 0 Å². The molecule has 0 saturated carbocycles. The van der Waals surface area contributed by atoms with Gasteiger partial charge in [0.05, 0.1) is 5.69 Å². The van der Waals surface area contributed by atoms with Crippen molar-refractivity contribution >= 4 is 0 Å². The minimum Gasteiger partial charge on any atom is -0.297 e. The maximum atomic E-state index is 13.1. The number of hydrogen-bond acceptors (Lipinski definition) is 1. The largest absolute Gasteiger partial charge is 0.297 e. The first kappa shape index (κ1) is 13.6. The lowest BCUT2D eigenvalue weighted by Crippen LogP contribution is -2.00. The second kappa shape index (κ2) is 5.17. The van der Waals surface area contributed by atoms with Crippen LogP contribution in [0, 0.1) is 26.6 Å². The van der Waals surface area contributed by atoms with E-state index in [-0.39, 0.29) is 5.82 Å². The molecule has 0 bridgehead atoms. The van der Waals surface area contributed by atoms with Crippen molar-refractivity contribution in [1.29, 1.82) is 0 Å². The molecule has 0 aliphatic carbocycles. The predicted octanol–water partition coefficient (Wildman–Crippen LogP) is 4.60. The van der Waals surface area contributed by atoms with Gasteiger partial charge in [-0.05, 0) is 57.2 Å². The van der Waals surface area contributed by atoms with Crippen molar-refractivity contribution in [3.05, 3.63) is 71.3 Å². The van der Waals surface area contributed by atoms with Crippen LogP contribution in [0.1, 0.15) is 17.0 Å². The molecule has 3 heteroatoms. The highest BCUT2D eigenvalue weighted by atomic mass is 19.1. The van der Waals surface area contributed by atoms with Gasteiger partial charge in [0.25, 0.3) is 0 Å². The molecule has 1 aromatic heterocycles. The lowest BCUT2D eigenvalue weighted by Gasteiger charge is -2.11. The predicted molar refractivity (Wildman–Crippen MR) is 83.2 cm³/mol. The molecule has 0 spiro atoms. The third-order valence-corrected chi connectivity index (χ3v) is 3.74. The molecule has 0 atom stereocenters. The number of hydrogen-bond donors (Lipinski definition) is 0. The molecule has 0 amide bonds. The Balaban J connectivity index is 2.20. The first-order valence-corrected chi connectivity index (χ1v) is 6.95. The van der Waals surface area contributed by atoms with Crippen LogP contribution in [-0.2, 0) is 0 Å². The Morgan fingerprint density at radius 2 is 1.48 bits per heavy atom. The van der Waals surface area contributed by atoms with E-state index in [1.165, 1.54) is 17.7 Å². The van der Waals surface area contributed by atoms with E-state index >= 15 is 0 Å². The van der Waals surface area contributed by atoms with Gasteiger partial charge < -0.3 is 0 Å². The highest BCUT2D eigenvalue weighted by molar-refractivity contribution is 5.60. The number of halogens is 1. The second-order valence-corrected chi connectivity index (χ2v) is 5.28. The van der Waals surface area contributed by atoms with Gasteiger partial charge in [-0.1, -0.05) is 17.7 Å². The molecule has 0 aliphatic heterocycles. The summed E-state index contributed by atoms with van der Waals surface area (Å²) in [5, 5.41) is 0. The molecule has 1 heterocycles. The molecule has 3 aromatic rings. The van der Waals surface area contributed by atoms with E-state index in [1.807, 2.05) is 6.92 Å². The molecule has 106 valence electrons. The Morgan fingerprint density at radius 1 is 0.857 bits per heavy atom. The Morgan fingerprint density at radius 3 is 2.10 bits per heavy atom. The summed E-state index contributed by atoms with van der Waals surface area (Å²) >= 11 is 0. The van der Waals surface area contributed by atoms with Gasteiger partial charge in [0, 0.05) is 16.9 Å². The van der Waals surface area contributed by atoms with Crippen molar-refractivity contribution in [2.75, 3.05) is 0 Å². The third-order valence-electron chi connectivity index (χ3n) is 3.74. The van der Waals surface area contributed by atoms with Crippen LogP contribution in [0.15, 0.2) is 48.5 Å². The minimum absolute atomic E-state index is 0.236. The van der Waals surface area contributed by atoms with E-state index in [1.54, 1.807) is 12.1 Å². The van der Waals surface area contributed by atoms with Crippen LogP contribution in [0.4, 0.5) is 4.39 Å². The molecule has 2 aromatic carbocycles. The maximum Gasteiger partial charge on any atom is 0.145 e. The highest BCUT2D eigenvalue weighted by Crippen LogP contribution is 2.26. The molecule has 0 fully saturated rings. The first-order chi connectivity index (χ1) is 10.1. The van der Waals surface area contributed by atoms with Crippen molar-refractivity contribution < 1.29 is 4.39 Å². The fourth-order valence-electron chi connectivity index (χ4n) is 2.41. The zero-order valence-electron chi connectivity index (χ0n) is 12.4. The average molecular weight is 280 g/mol. The molecule has 0 aliphatic rings. The van der Waals surface area contributed by atoms with Gasteiger partial charge in [0.2, 0.25) is 0 Å². The Bertz CT molecular complexity index is 768. The van der Waals surface area contributed by atoms with Crippen LogP contribution in [0.25, 0.3) is 17.1 Å². The number of nitrogens with zero attached hydrogens (tertiary/aromatic N) is 2. The number of aryl methyl sites for hydroxylation is 2. The normalized spacial score (nSPS) is 10.9. The summed E-state index contributed by atoms with van der Waals surface area (Å²) in [7, 11) is 0. The van der Waals surface area contributed by atoms with Crippen LogP contribution in [-0.4, -0.2) is 9.55 Å². The molecule has 0 unspecified atom stereocenters. The van der Waals surface area contributed by atoms with Crippen molar-refractivity contribution in [1.82, 2.24) is 9.55 Å². The maximum absolute atomic E-state index is 13.1. The van der Waals surface area contributed by atoms with E-state index in [4.69, 9.17) is 0 Å². The van der Waals surface area contributed by atoms with E-state index in [9.17, 15) is 4.39 Å². The number of imidazole rings is 1. The SMILES string of the molecule is Cc1ccc(-n2c(-c3ccc(F)cc3)nc(C)c2C)cc1. The summed E-state index contributed by atoms with van der Waals surface area (Å²) in [6.07, 6.45) is 0. The number of benzene rings is 2. The summed E-state index contributed by atoms with van der Waals surface area (Å²) in [6, 6.07) is 14.8. The molecule has 0 N–H and O–H groups in total. The van der Waals surface area contributed by atoms with E-state index in [0.29, 0.717) is 0 Å². The summed E-state index contributed by atoms with van der Waals surface area (Å²) in [6.45, 7) is 6.11. The topological polar surface area (TPSA) is 17.8 Å². The zero-order chi connectivity index (χ0) is 15.0. The number of rotatable bonds is 2. The zero-order valence-corrected chi connectivity index (χ0v) is 12.4. The Labute approximate surface area is 123 Å². The third kappa shape index (κ3) is 2.47. The Kier molecular flexibility index (Phi) is 3.34. The molecule has 2 nitrogen and oxygen atoms in total. The van der Waals surface area contributed by atoms with Gasteiger partial charge in [-0.2, -0.15) is 0 Å². The molecule has 0 radical (unpaired) electrons. The summed E-state index contributed by atoms with van der Waals surface area (Å²) < 4.78 is 15.2. The van der Waals surface area contributed by atoms with Crippen LogP contribution >= 0.6 is 0 Å². The van der Waals surface area contributed by atoms with Crippen molar-refractivity contribution in [2.24, 2.45) is 0 Å². The standard InChI is InChI=1S/C18H17FN2/c1-12-4-10-17(11-5-12)21-14(3)13(2)20-18(21)15-6-8-16(19)9-7-15/h4-11H,1-3H3. The summed E-state index contributed by atoms with van der Waals surface area (Å²) in [5.74, 6) is 0.606. The van der Waals surface area contributed by atoms with E-state index in [0.717, 1.165) is 28.5 Å². The lowest BCUT2D eigenvalue weighted by molar-refractivity contribution is 0.628. The van der Waals surface area contributed by atoms with Gasteiger partial charge in [-0.25, -0.2) is 9.37 Å². The van der Waals surface area contributed by atoms with Crippen LogP contribution in [0.3, 0.4) is 0 Å². The van der Waals surface area contributed by atoms with Crippen molar-refractivity contribution in [3.8, 4) is 17.1 Å². The second-order valence-electron chi connectivity index (χ2n) is 5.28. The van der Waals surface area contributed by atoms with Crippen LogP contribution < -0.4 is 0 Å².